The summed E-state index contributed by atoms with van der Waals surface area (Å²) in [4.78, 5) is 13.8. The van der Waals surface area contributed by atoms with Gasteiger partial charge in [-0.2, -0.15) is 0 Å². The van der Waals surface area contributed by atoms with Gasteiger partial charge >= 0.3 is 0 Å². The van der Waals surface area contributed by atoms with Crippen molar-refractivity contribution >= 4 is 17.3 Å². The predicted octanol–water partition coefficient (Wildman–Crippen LogP) is 3.16. The number of rotatable bonds is 6. The summed E-state index contributed by atoms with van der Waals surface area (Å²) >= 11 is 0. The molecule has 2 aromatic rings. The molecule has 0 bridgehead atoms. The summed E-state index contributed by atoms with van der Waals surface area (Å²) in [7, 11) is 1.64. The number of hydrogen-bond acceptors (Lipinski definition) is 4. The van der Waals surface area contributed by atoms with Crippen molar-refractivity contribution in [3.05, 3.63) is 47.9 Å². The van der Waals surface area contributed by atoms with Crippen molar-refractivity contribution in [1.82, 2.24) is 0 Å². The highest BCUT2D eigenvalue weighted by atomic mass is 16.5. The van der Waals surface area contributed by atoms with Gasteiger partial charge in [0.15, 0.2) is 0 Å². The van der Waals surface area contributed by atoms with Gasteiger partial charge in [-0.1, -0.05) is 12.1 Å². The molecule has 116 valence electrons. The number of hydrogen-bond donors (Lipinski definition) is 1. The summed E-state index contributed by atoms with van der Waals surface area (Å²) in [5, 5.41) is 3.35. The van der Waals surface area contributed by atoms with E-state index in [1.807, 2.05) is 41.3 Å². The summed E-state index contributed by atoms with van der Waals surface area (Å²) < 4.78 is 10.7. The van der Waals surface area contributed by atoms with Crippen molar-refractivity contribution < 1.29 is 13.9 Å². The fraction of sp³-hybridized carbons (Fsp3) is 0.353. The van der Waals surface area contributed by atoms with Gasteiger partial charge in [-0.25, -0.2) is 0 Å². The number of furan rings is 1. The van der Waals surface area contributed by atoms with Crippen molar-refractivity contribution in [1.29, 1.82) is 0 Å². The van der Waals surface area contributed by atoms with Crippen molar-refractivity contribution in [2.45, 2.75) is 26.0 Å². The number of ether oxygens (including phenoxy) is 1. The van der Waals surface area contributed by atoms with Gasteiger partial charge in [0.2, 0.25) is 5.91 Å². The normalized spacial score (nSPS) is 14.6. The number of carbonyl (C=O) groups excluding carboxylic acids is 1. The van der Waals surface area contributed by atoms with Gasteiger partial charge in [0.1, 0.15) is 18.1 Å². The molecular formula is C17H20N2O3. The number of nitrogens with one attached hydrogen (secondary N) is 1. The Balaban J connectivity index is 1.70. The molecule has 5 nitrogen and oxygen atoms in total. The van der Waals surface area contributed by atoms with E-state index in [1.165, 1.54) is 0 Å². The Labute approximate surface area is 129 Å². The first-order valence-electron chi connectivity index (χ1n) is 7.47. The van der Waals surface area contributed by atoms with Gasteiger partial charge in [0, 0.05) is 20.1 Å². The standard InChI is InChI=1S/C17H20N2O3/c1-21-12-14-9-8-13(22-14)11-18-15-5-2-3-6-16(15)19-10-4-7-17(19)20/h2-3,5-6,8-9,18H,4,7,10-12H2,1H3. The highest BCUT2D eigenvalue weighted by Gasteiger charge is 2.23. The van der Waals surface area contributed by atoms with Crippen LogP contribution in [-0.2, 0) is 22.7 Å². The molecule has 1 fully saturated rings. The van der Waals surface area contributed by atoms with Crippen LogP contribution in [0.5, 0.6) is 0 Å². The summed E-state index contributed by atoms with van der Waals surface area (Å²) in [6.45, 7) is 1.83. The van der Waals surface area contributed by atoms with Crippen LogP contribution in [0.25, 0.3) is 0 Å². The monoisotopic (exact) mass is 300 g/mol. The molecule has 1 saturated heterocycles. The largest absolute Gasteiger partial charge is 0.462 e. The molecule has 1 amide bonds. The second kappa shape index (κ2) is 6.66. The molecule has 1 aliphatic heterocycles. The zero-order valence-corrected chi connectivity index (χ0v) is 12.7. The number of amides is 1. The second-order valence-electron chi connectivity index (χ2n) is 5.32. The lowest BCUT2D eigenvalue weighted by Gasteiger charge is -2.20. The van der Waals surface area contributed by atoms with E-state index in [0.717, 1.165) is 35.9 Å². The SMILES string of the molecule is COCc1ccc(CNc2ccccc2N2CCCC2=O)o1. The van der Waals surface area contributed by atoms with Gasteiger partial charge in [-0.3, -0.25) is 4.79 Å². The first kappa shape index (κ1) is 14.7. The molecule has 2 heterocycles. The smallest absolute Gasteiger partial charge is 0.227 e. The van der Waals surface area contributed by atoms with Crippen LogP contribution in [0.4, 0.5) is 11.4 Å². The Morgan fingerprint density at radius 2 is 2.05 bits per heavy atom. The number of benzene rings is 1. The predicted molar refractivity (Wildman–Crippen MR) is 84.8 cm³/mol. The third-order valence-electron chi connectivity index (χ3n) is 3.73. The average Bonchev–Trinajstić information content (AvgIpc) is 3.15. The lowest BCUT2D eigenvalue weighted by atomic mass is 10.2. The van der Waals surface area contributed by atoms with E-state index < -0.39 is 0 Å². The quantitative estimate of drug-likeness (QED) is 0.890. The minimum absolute atomic E-state index is 0.189. The third-order valence-corrected chi connectivity index (χ3v) is 3.73. The number of nitrogens with zero attached hydrogens (tertiary/aromatic N) is 1. The maximum absolute atomic E-state index is 11.9. The van der Waals surface area contributed by atoms with Crippen molar-refractivity contribution in [3.8, 4) is 0 Å². The van der Waals surface area contributed by atoms with Crippen LogP contribution in [-0.4, -0.2) is 19.6 Å². The number of para-hydroxylation sites is 2. The first-order valence-corrected chi connectivity index (χ1v) is 7.47. The van der Waals surface area contributed by atoms with E-state index in [4.69, 9.17) is 9.15 Å². The molecule has 5 heteroatoms. The third kappa shape index (κ3) is 3.14. The highest BCUT2D eigenvalue weighted by molar-refractivity contribution is 5.98. The van der Waals surface area contributed by atoms with Crippen LogP contribution in [0, 0.1) is 0 Å². The lowest BCUT2D eigenvalue weighted by Crippen LogP contribution is -2.24. The molecule has 1 aromatic heterocycles. The van der Waals surface area contributed by atoms with Crippen LogP contribution in [0.2, 0.25) is 0 Å². The van der Waals surface area contributed by atoms with Gasteiger partial charge in [0.05, 0.1) is 17.9 Å². The Morgan fingerprint density at radius 1 is 1.23 bits per heavy atom. The molecule has 1 aromatic carbocycles. The zero-order valence-electron chi connectivity index (χ0n) is 12.7. The van der Waals surface area contributed by atoms with Crippen molar-refractivity contribution in [2.75, 3.05) is 23.9 Å². The van der Waals surface area contributed by atoms with E-state index in [1.54, 1.807) is 7.11 Å². The first-order chi connectivity index (χ1) is 10.8. The Kier molecular flexibility index (Phi) is 4.44. The topological polar surface area (TPSA) is 54.7 Å². The molecule has 0 unspecified atom stereocenters. The zero-order chi connectivity index (χ0) is 15.4. The molecule has 0 radical (unpaired) electrons. The average molecular weight is 300 g/mol. The van der Waals surface area contributed by atoms with E-state index in [9.17, 15) is 4.79 Å². The van der Waals surface area contributed by atoms with E-state index >= 15 is 0 Å². The maximum atomic E-state index is 11.9. The Morgan fingerprint density at radius 3 is 2.82 bits per heavy atom. The molecule has 0 spiro atoms. The molecule has 1 aliphatic rings. The fourth-order valence-corrected chi connectivity index (χ4v) is 2.68. The molecule has 0 aliphatic carbocycles. The minimum Gasteiger partial charge on any atom is -0.462 e. The molecule has 0 atom stereocenters. The highest BCUT2D eigenvalue weighted by Crippen LogP contribution is 2.29. The van der Waals surface area contributed by atoms with Crippen LogP contribution < -0.4 is 10.2 Å². The fourth-order valence-electron chi connectivity index (χ4n) is 2.68. The van der Waals surface area contributed by atoms with Gasteiger partial charge in [-0.15, -0.1) is 0 Å². The molecular weight excluding hydrogens is 280 g/mol. The van der Waals surface area contributed by atoms with Crippen LogP contribution in [0.3, 0.4) is 0 Å². The van der Waals surface area contributed by atoms with Crippen molar-refractivity contribution in [3.63, 3.8) is 0 Å². The molecule has 1 N–H and O–H groups in total. The summed E-state index contributed by atoms with van der Waals surface area (Å²) in [5.74, 6) is 1.84. The number of carbonyl (C=O) groups is 1. The van der Waals surface area contributed by atoms with Crippen LogP contribution >= 0.6 is 0 Å². The second-order valence-corrected chi connectivity index (χ2v) is 5.32. The van der Waals surface area contributed by atoms with E-state index in [0.29, 0.717) is 19.6 Å². The summed E-state index contributed by atoms with van der Waals surface area (Å²) in [5.41, 5.74) is 1.89. The molecule has 0 saturated carbocycles. The van der Waals surface area contributed by atoms with Crippen molar-refractivity contribution in [2.24, 2.45) is 0 Å². The molecule has 22 heavy (non-hydrogen) atoms. The van der Waals surface area contributed by atoms with E-state index in [2.05, 4.69) is 5.32 Å². The van der Waals surface area contributed by atoms with Crippen LogP contribution in [0.15, 0.2) is 40.8 Å². The van der Waals surface area contributed by atoms with Crippen LogP contribution in [0.1, 0.15) is 24.4 Å². The summed E-state index contributed by atoms with van der Waals surface area (Å²) in [6.07, 6.45) is 1.55. The number of anilines is 2. The van der Waals surface area contributed by atoms with E-state index in [-0.39, 0.29) is 5.91 Å². The van der Waals surface area contributed by atoms with Gasteiger partial charge in [-0.05, 0) is 30.7 Å². The molecule has 3 rings (SSSR count). The van der Waals surface area contributed by atoms with Gasteiger partial charge in [0.25, 0.3) is 0 Å². The minimum atomic E-state index is 0.189. The lowest BCUT2D eigenvalue weighted by molar-refractivity contribution is -0.117. The Hall–Kier alpha value is -2.27. The Bertz CT molecular complexity index is 651. The van der Waals surface area contributed by atoms with Gasteiger partial charge < -0.3 is 19.4 Å². The summed E-state index contributed by atoms with van der Waals surface area (Å²) in [6, 6.07) is 11.7. The maximum Gasteiger partial charge on any atom is 0.227 e. The number of methoxy groups -OCH3 is 1.